The molecule has 160 valence electrons. The fourth-order valence-electron chi connectivity index (χ4n) is 3.74. The summed E-state index contributed by atoms with van der Waals surface area (Å²) in [6.07, 6.45) is 2.45. The quantitative estimate of drug-likeness (QED) is 0.259. The molecule has 3 unspecified atom stereocenters. The molecule has 0 saturated carbocycles. The number of hydrogen-bond acceptors (Lipinski definition) is 4. The molecule has 0 bridgehead atoms. The first-order valence-corrected chi connectivity index (χ1v) is 12.0. The average Bonchev–Trinajstić information content (AvgIpc) is 2.59. The van der Waals surface area contributed by atoms with Crippen LogP contribution in [-0.4, -0.2) is 126 Å². The number of quaternary nitrogens is 1. The maximum absolute atomic E-state index is 13.7. The van der Waals surface area contributed by atoms with Gasteiger partial charge in [-0.15, -0.1) is 0 Å². The molecule has 0 N–H and O–H groups in total. The third kappa shape index (κ3) is 6.66. The van der Waals surface area contributed by atoms with Gasteiger partial charge in [-0.25, -0.2) is 9.34 Å². The Morgan fingerprint density at radius 1 is 1.32 bits per heavy atom. The fourth-order valence-corrected chi connectivity index (χ4v) is 5.79. The molecule has 2 aliphatic rings. The number of piperazine rings is 1. The molecule has 7 nitrogen and oxygen atoms in total. The van der Waals surface area contributed by atoms with Crippen LogP contribution >= 0.6 is 7.44 Å². The highest BCUT2D eigenvalue weighted by Gasteiger charge is 2.39. The smallest absolute Gasteiger partial charge is 0.241 e. The van der Waals surface area contributed by atoms with Crippen LogP contribution in [0.25, 0.3) is 0 Å². The van der Waals surface area contributed by atoms with Crippen molar-refractivity contribution in [1.82, 2.24) is 14.2 Å². The third-order valence-corrected chi connectivity index (χ3v) is 8.79. The van der Waals surface area contributed by atoms with Gasteiger partial charge in [0, 0.05) is 19.1 Å². The van der Waals surface area contributed by atoms with Crippen LogP contribution in [0.2, 0.25) is 0 Å². The van der Waals surface area contributed by atoms with Crippen LogP contribution in [0.5, 0.6) is 0 Å². The second kappa shape index (κ2) is 10.2. The zero-order valence-corrected chi connectivity index (χ0v) is 19.5. The van der Waals surface area contributed by atoms with Crippen molar-refractivity contribution in [3.05, 3.63) is 11.6 Å². The van der Waals surface area contributed by atoms with E-state index in [0.29, 0.717) is 6.61 Å². The highest BCUT2D eigenvalue weighted by atomic mass is 31.2. The number of allylic oxidation sites excluding steroid dienone is 1. The van der Waals surface area contributed by atoms with Crippen molar-refractivity contribution >= 4 is 15.3 Å². The Labute approximate surface area is 173 Å². The lowest BCUT2D eigenvalue weighted by Crippen LogP contribution is -2.57. The molecule has 2 saturated heterocycles. The summed E-state index contributed by atoms with van der Waals surface area (Å²) in [5.74, 6) is 0. The van der Waals surface area contributed by atoms with Crippen molar-refractivity contribution in [1.29, 1.82) is 0 Å². The van der Waals surface area contributed by atoms with Gasteiger partial charge in [-0.2, -0.15) is 0 Å². The molecule has 0 aromatic rings. The van der Waals surface area contributed by atoms with Crippen LogP contribution in [0.1, 0.15) is 13.8 Å². The van der Waals surface area contributed by atoms with Crippen molar-refractivity contribution in [3.8, 4) is 0 Å². The molecule has 0 spiro atoms. The van der Waals surface area contributed by atoms with Gasteiger partial charge in [0.1, 0.15) is 14.2 Å². The molecule has 2 radical (unpaired) electrons. The van der Waals surface area contributed by atoms with Crippen molar-refractivity contribution in [2.24, 2.45) is 0 Å². The monoisotopic (exact) mass is 413 g/mol. The molecule has 2 rings (SSSR count). The zero-order valence-electron chi connectivity index (χ0n) is 18.6. The van der Waals surface area contributed by atoms with E-state index in [-0.39, 0.29) is 18.5 Å². The molecule has 2 heterocycles. The van der Waals surface area contributed by atoms with Gasteiger partial charge in [0.15, 0.2) is 0 Å². The second-order valence-corrected chi connectivity index (χ2v) is 12.0. The lowest BCUT2D eigenvalue weighted by Gasteiger charge is -2.45. The first-order valence-electron chi connectivity index (χ1n) is 10.2. The maximum Gasteiger partial charge on any atom is 0.241 e. The van der Waals surface area contributed by atoms with Crippen molar-refractivity contribution in [2.45, 2.75) is 26.0 Å². The SMILES string of the molecule is [B]C1CN(C)CC(COCP(=O)(N(C)C)N2CC[N+](C)(CC=C(C)C)CC2)O1. The maximum atomic E-state index is 13.7. The van der Waals surface area contributed by atoms with Crippen LogP contribution < -0.4 is 0 Å². The van der Waals surface area contributed by atoms with Crippen molar-refractivity contribution < 1.29 is 18.5 Å². The summed E-state index contributed by atoms with van der Waals surface area (Å²) >= 11 is 0. The average molecular weight is 413 g/mol. The zero-order chi connectivity index (χ0) is 20.9. The molecule has 3 atom stereocenters. The number of likely N-dealkylation sites (N-methyl/N-ethyl adjacent to an activating group) is 2. The summed E-state index contributed by atoms with van der Waals surface area (Å²) in [5.41, 5.74) is 1.35. The first-order chi connectivity index (χ1) is 13.0. The number of morpholine rings is 1. The molecular formula is C19H39BN4O3P+. The number of nitrogens with zero attached hydrogens (tertiary/aromatic N) is 4. The molecule has 0 aliphatic carbocycles. The van der Waals surface area contributed by atoms with Crippen LogP contribution in [0, 0.1) is 0 Å². The van der Waals surface area contributed by atoms with Crippen molar-refractivity contribution in [3.63, 3.8) is 0 Å². The van der Waals surface area contributed by atoms with Gasteiger partial charge in [0.2, 0.25) is 7.44 Å². The molecule has 9 heteroatoms. The summed E-state index contributed by atoms with van der Waals surface area (Å²) in [5, 5.41) is 0. The Hall–Kier alpha value is -0.205. The minimum atomic E-state index is -2.74. The van der Waals surface area contributed by atoms with E-state index in [2.05, 4.69) is 36.5 Å². The first kappa shape index (κ1) is 24.1. The van der Waals surface area contributed by atoms with Crippen LogP contribution in [-0.2, 0) is 14.0 Å². The van der Waals surface area contributed by atoms with E-state index in [0.717, 1.165) is 50.3 Å². The number of ether oxygens (including phenoxy) is 2. The van der Waals surface area contributed by atoms with Gasteiger partial charge >= 0.3 is 0 Å². The summed E-state index contributed by atoms with van der Waals surface area (Å²) in [6, 6.07) is -0.286. The third-order valence-electron chi connectivity index (χ3n) is 5.74. The lowest BCUT2D eigenvalue weighted by atomic mass is 9.98. The van der Waals surface area contributed by atoms with Crippen LogP contribution in [0.4, 0.5) is 0 Å². The highest BCUT2D eigenvalue weighted by molar-refractivity contribution is 7.58. The minimum absolute atomic E-state index is 0.0743. The van der Waals surface area contributed by atoms with E-state index in [1.54, 1.807) is 0 Å². The standard InChI is InChI=1S/C19H39BN4O3P/c1-17(2)7-10-24(6)11-8-23(9-12-24)28(25,21(3)4)16-26-15-18-13-22(5)14-19(20)27-18/h7,18-19H,8-16H2,1-6H3/q+1. The molecule has 0 amide bonds. The number of hydrogen-bond donors (Lipinski definition) is 0. The number of rotatable bonds is 8. The molecule has 2 fully saturated rings. The van der Waals surface area contributed by atoms with Gasteiger partial charge < -0.3 is 18.9 Å². The van der Waals surface area contributed by atoms with Gasteiger partial charge in [0.25, 0.3) is 0 Å². The van der Waals surface area contributed by atoms with Crippen LogP contribution in [0.15, 0.2) is 11.6 Å². The summed E-state index contributed by atoms with van der Waals surface area (Å²) in [7, 11) is 11.3. The molecular weight excluding hydrogens is 374 g/mol. The lowest BCUT2D eigenvalue weighted by molar-refractivity contribution is -0.907. The Morgan fingerprint density at radius 3 is 2.50 bits per heavy atom. The van der Waals surface area contributed by atoms with Gasteiger partial charge in [-0.1, -0.05) is 5.57 Å². The Kier molecular flexibility index (Phi) is 8.77. The van der Waals surface area contributed by atoms with E-state index in [1.807, 2.05) is 25.8 Å². The molecule has 0 aromatic heterocycles. The molecule has 28 heavy (non-hydrogen) atoms. The van der Waals surface area contributed by atoms with E-state index in [4.69, 9.17) is 17.3 Å². The largest absolute Gasteiger partial charge is 0.380 e. The minimum Gasteiger partial charge on any atom is -0.380 e. The van der Waals surface area contributed by atoms with E-state index < -0.39 is 7.44 Å². The Morgan fingerprint density at radius 2 is 1.96 bits per heavy atom. The summed E-state index contributed by atoms with van der Waals surface area (Å²) in [4.78, 5) is 2.14. The second-order valence-electron chi connectivity index (χ2n) is 9.01. The predicted octanol–water partition coefficient (Wildman–Crippen LogP) is 1.27. The van der Waals surface area contributed by atoms with E-state index in [9.17, 15) is 4.57 Å². The molecule has 2 aliphatic heterocycles. The van der Waals surface area contributed by atoms with E-state index in [1.165, 1.54) is 5.57 Å². The van der Waals surface area contributed by atoms with Gasteiger partial charge in [-0.05, 0) is 41.1 Å². The Balaban J connectivity index is 1.89. The van der Waals surface area contributed by atoms with E-state index >= 15 is 0 Å². The summed E-state index contributed by atoms with van der Waals surface area (Å²) in [6.45, 7) is 10.9. The predicted molar refractivity (Wildman–Crippen MR) is 116 cm³/mol. The van der Waals surface area contributed by atoms with Gasteiger partial charge in [-0.3, -0.25) is 4.57 Å². The summed E-state index contributed by atoms with van der Waals surface area (Å²) < 4.78 is 30.4. The van der Waals surface area contributed by atoms with Crippen LogP contribution in [0.3, 0.4) is 0 Å². The normalized spacial score (nSPS) is 28.8. The molecule has 0 aromatic carbocycles. The van der Waals surface area contributed by atoms with Crippen molar-refractivity contribution in [2.75, 3.05) is 87.0 Å². The highest BCUT2D eigenvalue weighted by Crippen LogP contribution is 2.51. The fraction of sp³-hybridized carbons (Fsp3) is 0.895. The van der Waals surface area contributed by atoms with Gasteiger partial charge in [0.05, 0.1) is 52.5 Å². The topological polar surface area (TPSA) is 45.2 Å². The Bertz CT molecular complexity index is 568.